The first-order chi connectivity index (χ1) is 9.27. The number of phenols is 1. The number of phenolic OH excluding ortho intramolecular Hbond substituents is 1. The van der Waals surface area contributed by atoms with Crippen molar-refractivity contribution in [1.82, 2.24) is 0 Å². The third-order valence-corrected chi connectivity index (χ3v) is 4.31. The van der Waals surface area contributed by atoms with E-state index in [4.69, 9.17) is 0 Å². The van der Waals surface area contributed by atoms with Gasteiger partial charge in [0.2, 0.25) is 5.91 Å². The van der Waals surface area contributed by atoms with Crippen LogP contribution in [0.25, 0.3) is 0 Å². The second kappa shape index (κ2) is 4.97. The van der Waals surface area contributed by atoms with Crippen LogP contribution < -0.4 is 4.90 Å². The van der Waals surface area contributed by atoms with Gasteiger partial charge in [-0.25, -0.2) is 0 Å². The zero-order valence-electron chi connectivity index (χ0n) is 10.2. The molecule has 1 amide bonds. The molecule has 0 aromatic heterocycles. The summed E-state index contributed by atoms with van der Waals surface area (Å²) in [4.78, 5) is 13.8. The molecule has 0 bridgehead atoms. The van der Waals surface area contributed by atoms with Crippen molar-refractivity contribution in [3.05, 3.63) is 60.2 Å². The second-order valence-electron chi connectivity index (χ2n) is 4.33. The van der Waals surface area contributed by atoms with Crippen molar-refractivity contribution < 1.29 is 9.90 Å². The van der Waals surface area contributed by atoms with E-state index in [0.29, 0.717) is 11.4 Å². The number of nitrogens with zero attached hydrogens (tertiary/aromatic N) is 1. The molecule has 2 aromatic rings. The van der Waals surface area contributed by atoms with Crippen LogP contribution >= 0.6 is 11.8 Å². The minimum atomic E-state index is -0.0676. The Bertz CT molecular complexity index is 600. The molecule has 1 fully saturated rings. The molecule has 0 radical (unpaired) electrons. The van der Waals surface area contributed by atoms with Crippen LogP contribution in [0.15, 0.2) is 54.6 Å². The number of aromatic hydroxyl groups is 1. The second-order valence-corrected chi connectivity index (χ2v) is 5.40. The lowest BCUT2D eigenvalue weighted by molar-refractivity contribution is -0.115. The van der Waals surface area contributed by atoms with Crippen LogP contribution in [0, 0.1) is 0 Å². The van der Waals surface area contributed by atoms with Crippen molar-refractivity contribution >= 4 is 23.4 Å². The first kappa shape index (κ1) is 12.1. The van der Waals surface area contributed by atoms with E-state index >= 15 is 0 Å². The molecule has 1 aliphatic rings. The van der Waals surface area contributed by atoms with Crippen molar-refractivity contribution in [2.45, 2.75) is 5.37 Å². The van der Waals surface area contributed by atoms with Gasteiger partial charge in [-0.1, -0.05) is 42.5 Å². The average Bonchev–Trinajstić information content (AvgIpc) is 2.82. The van der Waals surface area contributed by atoms with E-state index in [1.807, 2.05) is 36.4 Å². The van der Waals surface area contributed by atoms with Crippen molar-refractivity contribution in [3.63, 3.8) is 0 Å². The van der Waals surface area contributed by atoms with Gasteiger partial charge in [-0.15, -0.1) is 11.8 Å². The third kappa shape index (κ3) is 2.19. The summed E-state index contributed by atoms with van der Waals surface area (Å²) in [6, 6.07) is 16.8. The summed E-state index contributed by atoms with van der Waals surface area (Å²) < 4.78 is 0. The fraction of sp³-hybridized carbons (Fsp3) is 0.133. The Balaban J connectivity index is 2.03. The molecule has 1 saturated heterocycles. The molecule has 4 heteroatoms. The van der Waals surface area contributed by atoms with Gasteiger partial charge < -0.3 is 5.11 Å². The van der Waals surface area contributed by atoms with Crippen molar-refractivity contribution in [1.29, 1.82) is 0 Å². The number of benzene rings is 2. The highest BCUT2D eigenvalue weighted by Crippen LogP contribution is 2.44. The monoisotopic (exact) mass is 271 g/mol. The van der Waals surface area contributed by atoms with E-state index < -0.39 is 0 Å². The Morgan fingerprint density at radius 1 is 1.05 bits per heavy atom. The Hall–Kier alpha value is -1.94. The summed E-state index contributed by atoms with van der Waals surface area (Å²) in [6.07, 6.45) is 0. The molecule has 96 valence electrons. The van der Waals surface area contributed by atoms with Crippen molar-refractivity contribution in [2.75, 3.05) is 10.7 Å². The smallest absolute Gasteiger partial charge is 0.238 e. The number of anilines is 1. The average molecular weight is 271 g/mol. The first-order valence-electron chi connectivity index (χ1n) is 6.04. The summed E-state index contributed by atoms with van der Waals surface area (Å²) in [5.41, 5.74) is 1.65. The molecule has 1 unspecified atom stereocenters. The number of carbonyl (C=O) groups is 1. The molecule has 1 aliphatic heterocycles. The molecule has 2 aromatic carbocycles. The maximum absolute atomic E-state index is 12.1. The number of para-hydroxylation sites is 2. The lowest BCUT2D eigenvalue weighted by Crippen LogP contribution is -2.27. The predicted molar refractivity (Wildman–Crippen MR) is 77.2 cm³/mol. The van der Waals surface area contributed by atoms with E-state index in [1.54, 1.807) is 34.9 Å². The van der Waals surface area contributed by atoms with Gasteiger partial charge in [-0.05, 0) is 17.7 Å². The van der Waals surface area contributed by atoms with Gasteiger partial charge in [0.1, 0.15) is 11.1 Å². The largest absolute Gasteiger partial charge is 0.506 e. The number of hydrogen-bond acceptors (Lipinski definition) is 3. The zero-order chi connectivity index (χ0) is 13.2. The lowest BCUT2D eigenvalue weighted by atomic mass is 10.2. The third-order valence-electron chi connectivity index (χ3n) is 3.09. The van der Waals surface area contributed by atoms with Crippen LogP contribution in [0.2, 0.25) is 0 Å². The number of hydrogen-bond donors (Lipinski definition) is 1. The van der Waals surface area contributed by atoms with Gasteiger partial charge in [0, 0.05) is 0 Å². The van der Waals surface area contributed by atoms with E-state index in [-0.39, 0.29) is 17.0 Å². The summed E-state index contributed by atoms with van der Waals surface area (Å²) in [6.45, 7) is 0. The molecule has 0 aliphatic carbocycles. The Kier molecular flexibility index (Phi) is 3.17. The minimum absolute atomic E-state index is 0.0281. The van der Waals surface area contributed by atoms with Gasteiger partial charge in [-0.2, -0.15) is 0 Å². The molecule has 0 spiro atoms. The SMILES string of the molecule is O=C1CSC(c2ccccc2)N1c1ccccc1O. The highest BCUT2D eigenvalue weighted by molar-refractivity contribution is 8.00. The van der Waals surface area contributed by atoms with Crippen molar-refractivity contribution in [3.8, 4) is 5.75 Å². The molecule has 19 heavy (non-hydrogen) atoms. The maximum Gasteiger partial charge on any atom is 0.238 e. The topological polar surface area (TPSA) is 40.5 Å². The fourth-order valence-electron chi connectivity index (χ4n) is 2.22. The first-order valence-corrected chi connectivity index (χ1v) is 7.09. The van der Waals surface area contributed by atoms with Crippen molar-refractivity contribution in [2.24, 2.45) is 0 Å². The van der Waals surface area contributed by atoms with Gasteiger partial charge in [-0.3, -0.25) is 9.69 Å². The lowest BCUT2D eigenvalue weighted by Gasteiger charge is -2.24. The quantitative estimate of drug-likeness (QED) is 0.912. The molecular weight excluding hydrogens is 258 g/mol. The summed E-state index contributed by atoms with van der Waals surface area (Å²) in [7, 11) is 0. The molecule has 3 nitrogen and oxygen atoms in total. The highest BCUT2D eigenvalue weighted by atomic mass is 32.2. The van der Waals surface area contributed by atoms with Crippen LogP contribution in [0.4, 0.5) is 5.69 Å². The molecule has 1 atom stereocenters. The Labute approximate surface area is 115 Å². The standard InChI is InChI=1S/C15H13NO2S/c17-13-9-5-4-8-12(13)16-14(18)10-19-15(16)11-6-2-1-3-7-11/h1-9,15,17H,10H2. The van der Waals surface area contributed by atoms with Gasteiger partial charge in [0.15, 0.2) is 0 Å². The van der Waals surface area contributed by atoms with Crippen LogP contribution in [0.5, 0.6) is 5.75 Å². The summed E-state index contributed by atoms with van der Waals surface area (Å²) in [5, 5.41) is 9.88. The fourth-order valence-corrected chi connectivity index (χ4v) is 3.39. The van der Waals surface area contributed by atoms with Gasteiger partial charge >= 0.3 is 0 Å². The maximum atomic E-state index is 12.1. The van der Waals surface area contributed by atoms with Crippen LogP contribution in [-0.4, -0.2) is 16.8 Å². The highest BCUT2D eigenvalue weighted by Gasteiger charge is 2.35. The Morgan fingerprint density at radius 3 is 2.47 bits per heavy atom. The summed E-state index contributed by atoms with van der Waals surface area (Å²) >= 11 is 1.58. The van der Waals surface area contributed by atoms with E-state index in [1.165, 1.54) is 0 Å². The van der Waals surface area contributed by atoms with E-state index in [9.17, 15) is 9.90 Å². The molecule has 1 N–H and O–H groups in total. The number of rotatable bonds is 2. The molecule has 0 saturated carbocycles. The Morgan fingerprint density at radius 2 is 1.74 bits per heavy atom. The van der Waals surface area contributed by atoms with E-state index in [0.717, 1.165) is 5.56 Å². The predicted octanol–water partition coefficient (Wildman–Crippen LogP) is 3.17. The normalized spacial score (nSPS) is 18.8. The van der Waals surface area contributed by atoms with Gasteiger partial charge in [0.25, 0.3) is 0 Å². The van der Waals surface area contributed by atoms with Gasteiger partial charge in [0.05, 0.1) is 11.4 Å². The van der Waals surface area contributed by atoms with Crippen LogP contribution in [0.3, 0.4) is 0 Å². The molecule has 1 heterocycles. The molecule has 3 rings (SSSR count). The summed E-state index contributed by atoms with van der Waals surface area (Å²) in [5.74, 6) is 0.605. The minimum Gasteiger partial charge on any atom is -0.506 e. The number of carbonyl (C=O) groups excluding carboxylic acids is 1. The van der Waals surface area contributed by atoms with Crippen LogP contribution in [-0.2, 0) is 4.79 Å². The number of thioether (sulfide) groups is 1. The van der Waals surface area contributed by atoms with E-state index in [2.05, 4.69) is 0 Å². The number of amides is 1. The zero-order valence-corrected chi connectivity index (χ0v) is 11.0. The molecular formula is C15H13NO2S. The van der Waals surface area contributed by atoms with Crippen LogP contribution in [0.1, 0.15) is 10.9 Å².